The summed E-state index contributed by atoms with van der Waals surface area (Å²) < 4.78 is 41.5. The summed E-state index contributed by atoms with van der Waals surface area (Å²) in [6.07, 6.45) is 6.43. The third-order valence-electron chi connectivity index (χ3n) is 6.50. The van der Waals surface area contributed by atoms with Crippen molar-refractivity contribution >= 4 is 17.3 Å². The summed E-state index contributed by atoms with van der Waals surface area (Å²) in [6.45, 7) is 3.10. The first-order valence-electron chi connectivity index (χ1n) is 12.0. The number of nitrogens with one attached hydrogen (secondary N) is 2. The van der Waals surface area contributed by atoms with Gasteiger partial charge in [-0.2, -0.15) is 13.9 Å². The Kier molecular flexibility index (Phi) is 6.83. The number of halogens is 2. The van der Waals surface area contributed by atoms with Crippen molar-refractivity contribution in [3.8, 4) is 11.3 Å². The van der Waals surface area contributed by atoms with E-state index in [9.17, 15) is 4.79 Å². The monoisotopic (exact) mass is 485 g/mol. The number of hydrogen-bond donors (Lipinski definition) is 2. The molecule has 2 N–H and O–H groups in total. The third-order valence-corrected chi connectivity index (χ3v) is 6.50. The quantitative estimate of drug-likeness (QED) is 0.518. The van der Waals surface area contributed by atoms with Crippen LogP contribution >= 0.6 is 0 Å². The van der Waals surface area contributed by atoms with Crippen LogP contribution in [-0.4, -0.2) is 66.9 Å². The predicted molar refractivity (Wildman–Crippen MR) is 128 cm³/mol. The van der Waals surface area contributed by atoms with Crippen molar-refractivity contribution in [2.75, 3.05) is 56.2 Å². The molecule has 0 saturated carbocycles. The molecule has 2 saturated heterocycles. The SMILES string of the molecule is O=C(Nc1cc(C(F)(F)CN2CCOCC2)ccc1N1CCCCC1)c1ccc(-c2cn[nH]c2)o1. The van der Waals surface area contributed by atoms with Gasteiger partial charge < -0.3 is 19.4 Å². The molecule has 5 rings (SSSR count). The number of nitrogens with zero attached hydrogens (tertiary/aromatic N) is 3. The number of alkyl halides is 2. The molecule has 1 aromatic carbocycles. The fourth-order valence-electron chi connectivity index (χ4n) is 4.59. The molecule has 2 fully saturated rings. The number of rotatable bonds is 7. The van der Waals surface area contributed by atoms with Gasteiger partial charge in [0.25, 0.3) is 11.8 Å². The minimum Gasteiger partial charge on any atom is -0.451 e. The number of morpholine rings is 1. The molecule has 0 bridgehead atoms. The lowest BCUT2D eigenvalue weighted by Gasteiger charge is -2.32. The lowest BCUT2D eigenvalue weighted by Crippen LogP contribution is -2.42. The molecule has 3 aromatic rings. The topological polar surface area (TPSA) is 86.6 Å². The Bertz CT molecular complexity index is 1140. The van der Waals surface area contributed by atoms with Crippen molar-refractivity contribution in [2.45, 2.75) is 25.2 Å². The van der Waals surface area contributed by atoms with Crippen LogP contribution in [0.1, 0.15) is 35.4 Å². The van der Waals surface area contributed by atoms with Gasteiger partial charge in [-0.25, -0.2) is 0 Å². The van der Waals surface area contributed by atoms with Gasteiger partial charge in [0.2, 0.25) is 0 Å². The van der Waals surface area contributed by atoms with Crippen molar-refractivity contribution in [1.82, 2.24) is 15.1 Å². The number of H-pyrrole nitrogens is 1. The number of anilines is 2. The molecule has 2 aliphatic rings. The van der Waals surface area contributed by atoms with E-state index in [2.05, 4.69) is 20.4 Å². The van der Waals surface area contributed by atoms with Gasteiger partial charge in [-0.1, -0.05) is 6.07 Å². The molecule has 2 aliphatic heterocycles. The first-order valence-corrected chi connectivity index (χ1v) is 12.0. The summed E-state index contributed by atoms with van der Waals surface area (Å²) in [5, 5.41) is 9.42. The second-order valence-electron chi connectivity index (χ2n) is 8.98. The number of aromatic nitrogens is 2. The average Bonchev–Trinajstić information content (AvgIpc) is 3.57. The molecular formula is C25H29F2N5O3. The molecule has 35 heavy (non-hydrogen) atoms. The number of aromatic amines is 1. The number of benzene rings is 1. The van der Waals surface area contributed by atoms with Crippen molar-refractivity contribution in [1.29, 1.82) is 0 Å². The van der Waals surface area contributed by atoms with Crippen LogP contribution in [0.15, 0.2) is 47.1 Å². The number of furan rings is 1. The van der Waals surface area contributed by atoms with E-state index < -0.39 is 11.8 Å². The van der Waals surface area contributed by atoms with E-state index in [-0.39, 0.29) is 17.9 Å². The van der Waals surface area contributed by atoms with Crippen molar-refractivity contribution in [2.24, 2.45) is 0 Å². The van der Waals surface area contributed by atoms with Gasteiger partial charge in [0.05, 0.1) is 42.9 Å². The van der Waals surface area contributed by atoms with E-state index in [0.717, 1.165) is 38.0 Å². The van der Waals surface area contributed by atoms with E-state index in [1.165, 1.54) is 12.1 Å². The Balaban J connectivity index is 1.40. The Morgan fingerprint density at radius 1 is 1.09 bits per heavy atom. The van der Waals surface area contributed by atoms with Gasteiger partial charge in [-0.05, 0) is 43.5 Å². The second kappa shape index (κ2) is 10.2. The van der Waals surface area contributed by atoms with E-state index in [1.807, 2.05) is 0 Å². The highest BCUT2D eigenvalue weighted by molar-refractivity contribution is 6.04. The maximum absolute atomic E-state index is 15.3. The summed E-state index contributed by atoms with van der Waals surface area (Å²) in [6, 6.07) is 7.82. The average molecular weight is 486 g/mol. The highest BCUT2D eigenvalue weighted by atomic mass is 19.3. The van der Waals surface area contributed by atoms with Crippen molar-refractivity contribution < 1.29 is 22.7 Å². The van der Waals surface area contributed by atoms with Crippen LogP contribution in [0.5, 0.6) is 0 Å². The summed E-state index contributed by atoms with van der Waals surface area (Å²) in [5.74, 6) is -2.98. The molecule has 0 aliphatic carbocycles. The minimum absolute atomic E-state index is 0.0938. The van der Waals surface area contributed by atoms with Crippen LogP contribution < -0.4 is 10.2 Å². The molecule has 10 heteroatoms. The zero-order valence-electron chi connectivity index (χ0n) is 19.4. The van der Waals surface area contributed by atoms with Crippen LogP contribution in [0, 0.1) is 0 Å². The zero-order chi connectivity index (χ0) is 24.3. The normalized spacial score (nSPS) is 17.5. The van der Waals surface area contributed by atoms with Crippen LogP contribution in [0.2, 0.25) is 0 Å². The maximum Gasteiger partial charge on any atom is 0.291 e. The number of carbonyl (C=O) groups excluding carboxylic acids is 1. The lowest BCUT2D eigenvalue weighted by atomic mass is 10.0. The molecule has 0 spiro atoms. The van der Waals surface area contributed by atoms with Gasteiger partial charge in [-0.3, -0.25) is 14.8 Å². The fourth-order valence-corrected chi connectivity index (χ4v) is 4.59. The molecule has 0 radical (unpaired) electrons. The number of hydrogen-bond acceptors (Lipinski definition) is 6. The molecule has 0 unspecified atom stereocenters. The Labute approximate surface area is 202 Å². The largest absolute Gasteiger partial charge is 0.451 e. The second-order valence-corrected chi connectivity index (χ2v) is 8.98. The molecular weight excluding hydrogens is 456 g/mol. The predicted octanol–water partition coefficient (Wildman–Crippen LogP) is 4.34. The first kappa shape index (κ1) is 23.5. The molecule has 186 valence electrons. The first-order chi connectivity index (χ1) is 17.0. The Morgan fingerprint density at radius 2 is 1.89 bits per heavy atom. The molecule has 4 heterocycles. The molecule has 8 nitrogen and oxygen atoms in total. The van der Waals surface area contributed by atoms with Crippen LogP contribution in [-0.2, 0) is 10.7 Å². The van der Waals surface area contributed by atoms with E-state index in [1.54, 1.807) is 35.5 Å². The van der Waals surface area contributed by atoms with Gasteiger partial charge in [-0.15, -0.1) is 0 Å². The summed E-state index contributed by atoms with van der Waals surface area (Å²) in [7, 11) is 0. The highest BCUT2D eigenvalue weighted by Gasteiger charge is 2.35. The third kappa shape index (κ3) is 5.38. The summed E-state index contributed by atoms with van der Waals surface area (Å²) >= 11 is 0. The van der Waals surface area contributed by atoms with Crippen molar-refractivity contribution in [3.63, 3.8) is 0 Å². The van der Waals surface area contributed by atoms with E-state index in [4.69, 9.17) is 9.15 Å². The van der Waals surface area contributed by atoms with E-state index >= 15 is 8.78 Å². The van der Waals surface area contributed by atoms with Crippen LogP contribution in [0.3, 0.4) is 0 Å². The molecule has 0 atom stereocenters. The number of piperidine rings is 1. The maximum atomic E-state index is 15.3. The number of amides is 1. The summed E-state index contributed by atoms with van der Waals surface area (Å²) in [5.41, 5.74) is 1.68. The molecule has 1 amide bonds. The van der Waals surface area contributed by atoms with Gasteiger partial charge >= 0.3 is 0 Å². The standard InChI is InChI=1S/C25H29F2N5O3/c26-25(27,17-31-10-12-34-13-11-31)19-4-5-21(32-8-2-1-3-9-32)20(14-19)30-24(33)23-7-6-22(35-23)18-15-28-29-16-18/h4-7,14-16H,1-3,8-13,17H2,(H,28,29)(H,30,33). The Hall–Kier alpha value is -3.24. The van der Waals surface area contributed by atoms with Gasteiger partial charge in [0, 0.05) is 37.9 Å². The summed E-state index contributed by atoms with van der Waals surface area (Å²) in [4.78, 5) is 16.9. The number of ether oxygens (including phenoxy) is 1. The van der Waals surface area contributed by atoms with Gasteiger partial charge in [0.15, 0.2) is 5.76 Å². The minimum atomic E-state index is -3.07. The number of carbonyl (C=O) groups is 1. The van der Waals surface area contributed by atoms with Crippen molar-refractivity contribution in [3.05, 3.63) is 54.0 Å². The van der Waals surface area contributed by atoms with Crippen LogP contribution in [0.4, 0.5) is 20.2 Å². The zero-order valence-corrected chi connectivity index (χ0v) is 19.4. The Morgan fingerprint density at radius 3 is 2.63 bits per heavy atom. The highest BCUT2D eigenvalue weighted by Crippen LogP contribution is 2.37. The van der Waals surface area contributed by atoms with E-state index in [0.29, 0.717) is 43.3 Å². The fraction of sp³-hybridized carbons (Fsp3) is 0.440. The van der Waals surface area contributed by atoms with Crippen LogP contribution in [0.25, 0.3) is 11.3 Å². The lowest BCUT2D eigenvalue weighted by molar-refractivity contribution is -0.0616. The molecule has 2 aromatic heterocycles. The van der Waals surface area contributed by atoms with Gasteiger partial charge in [0.1, 0.15) is 5.76 Å². The smallest absolute Gasteiger partial charge is 0.291 e.